The van der Waals surface area contributed by atoms with E-state index in [0.29, 0.717) is 6.54 Å². The Kier molecular flexibility index (Phi) is 3.84. The molecule has 3 aromatic rings. The number of nitrogens with zero attached hydrogens (tertiary/aromatic N) is 2. The Balaban J connectivity index is 1.77. The van der Waals surface area contributed by atoms with E-state index in [0.717, 1.165) is 22.3 Å². The van der Waals surface area contributed by atoms with Crippen LogP contribution in [0.1, 0.15) is 17.2 Å². The molecule has 0 amide bonds. The quantitative estimate of drug-likeness (QED) is 0.792. The third-order valence-corrected chi connectivity index (χ3v) is 3.65. The van der Waals surface area contributed by atoms with Gasteiger partial charge in [0.15, 0.2) is 0 Å². The molecule has 3 heteroatoms. The number of aromatic nitrogens is 2. The minimum Gasteiger partial charge on any atom is -0.386 e. The zero-order chi connectivity index (χ0) is 14.7. The molecule has 0 fully saturated rings. The van der Waals surface area contributed by atoms with Crippen LogP contribution in [0.3, 0.4) is 0 Å². The highest BCUT2D eigenvalue weighted by atomic mass is 16.3. The van der Waals surface area contributed by atoms with Crippen molar-refractivity contribution in [1.29, 1.82) is 0 Å². The molecule has 0 spiro atoms. The molecule has 1 heterocycles. The first-order valence-electron chi connectivity index (χ1n) is 7.05. The van der Waals surface area contributed by atoms with Crippen LogP contribution in [0.2, 0.25) is 0 Å². The molecule has 106 valence electrons. The molecule has 21 heavy (non-hydrogen) atoms. The van der Waals surface area contributed by atoms with E-state index < -0.39 is 6.10 Å². The van der Waals surface area contributed by atoms with Crippen LogP contribution in [0.25, 0.3) is 11.1 Å². The van der Waals surface area contributed by atoms with Crippen LogP contribution in [0.15, 0.2) is 67.0 Å². The monoisotopic (exact) mass is 278 g/mol. The Bertz CT molecular complexity index is 719. The minimum atomic E-state index is -0.547. The van der Waals surface area contributed by atoms with Crippen LogP contribution in [0, 0.1) is 6.92 Å². The van der Waals surface area contributed by atoms with Crippen molar-refractivity contribution in [3.05, 3.63) is 78.1 Å². The van der Waals surface area contributed by atoms with Crippen molar-refractivity contribution < 1.29 is 5.11 Å². The van der Waals surface area contributed by atoms with Gasteiger partial charge in [-0.25, -0.2) is 0 Å². The van der Waals surface area contributed by atoms with E-state index in [-0.39, 0.29) is 0 Å². The molecule has 1 N–H and O–H groups in total. The van der Waals surface area contributed by atoms with E-state index in [4.69, 9.17) is 0 Å². The number of benzene rings is 2. The van der Waals surface area contributed by atoms with Crippen LogP contribution in [0.4, 0.5) is 0 Å². The normalized spacial score (nSPS) is 12.3. The van der Waals surface area contributed by atoms with E-state index in [1.165, 1.54) is 0 Å². The van der Waals surface area contributed by atoms with E-state index in [2.05, 4.69) is 17.2 Å². The lowest BCUT2D eigenvalue weighted by atomic mass is 10.0. The molecule has 0 bridgehead atoms. The van der Waals surface area contributed by atoms with E-state index in [1.54, 1.807) is 4.68 Å². The van der Waals surface area contributed by atoms with Gasteiger partial charge in [0, 0.05) is 11.8 Å². The van der Waals surface area contributed by atoms with Crippen molar-refractivity contribution >= 4 is 0 Å². The smallest absolute Gasteiger partial charge is 0.0988 e. The van der Waals surface area contributed by atoms with Gasteiger partial charge in [0.25, 0.3) is 0 Å². The molecule has 1 atom stereocenters. The summed E-state index contributed by atoms with van der Waals surface area (Å²) in [7, 11) is 0. The van der Waals surface area contributed by atoms with Crippen molar-refractivity contribution in [3.63, 3.8) is 0 Å². The largest absolute Gasteiger partial charge is 0.386 e. The second-order valence-corrected chi connectivity index (χ2v) is 5.19. The summed E-state index contributed by atoms with van der Waals surface area (Å²) >= 11 is 0. The van der Waals surface area contributed by atoms with Gasteiger partial charge in [-0.2, -0.15) is 5.10 Å². The van der Waals surface area contributed by atoms with Gasteiger partial charge in [0.2, 0.25) is 0 Å². The average Bonchev–Trinajstić information content (AvgIpc) is 2.97. The fourth-order valence-corrected chi connectivity index (χ4v) is 2.48. The van der Waals surface area contributed by atoms with Gasteiger partial charge in [-0.05, 0) is 23.6 Å². The van der Waals surface area contributed by atoms with Gasteiger partial charge in [-0.15, -0.1) is 0 Å². The van der Waals surface area contributed by atoms with E-state index in [1.807, 2.05) is 61.8 Å². The topological polar surface area (TPSA) is 38.0 Å². The summed E-state index contributed by atoms with van der Waals surface area (Å²) < 4.78 is 1.79. The van der Waals surface area contributed by atoms with Crippen LogP contribution >= 0.6 is 0 Å². The third kappa shape index (κ3) is 3.03. The Morgan fingerprint density at radius 2 is 1.71 bits per heavy atom. The second kappa shape index (κ2) is 5.94. The number of aryl methyl sites for hydroxylation is 1. The summed E-state index contributed by atoms with van der Waals surface area (Å²) in [5, 5.41) is 14.7. The fourth-order valence-electron chi connectivity index (χ4n) is 2.48. The Morgan fingerprint density at radius 1 is 1.00 bits per heavy atom. The Hall–Kier alpha value is -2.39. The van der Waals surface area contributed by atoms with Crippen LogP contribution in [-0.4, -0.2) is 14.9 Å². The number of aliphatic hydroxyl groups excluding tert-OH is 1. The van der Waals surface area contributed by atoms with E-state index in [9.17, 15) is 5.11 Å². The highest BCUT2D eigenvalue weighted by Gasteiger charge is 2.11. The first-order chi connectivity index (χ1) is 10.2. The number of hydrogen-bond acceptors (Lipinski definition) is 2. The zero-order valence-electron chi connectivity index (χ0n) is 12.0. The number of aliphatic hydroxyl groups is 1. The van der Waals surface area contributed by atoms with E-state index >= 15 is 0 Å². The lowest BCUT2D eigenvalue weighted by Crippen LogP contribution is -2.10. The summed E-state index contributed by atoms with van der Waals surface area (Å²) in [4.78, 5) is 0. The van der Waals surface area contributed by atoms with Gasteiger partial charge in [0.05, 0.1) is 18.8 Å². The maximum absolute atomic E-state index is 10.4. The number of rotatable bonds is 4. The summed E-state index contributed by atoms with van der Waals surface area (Å²) in [5.41, 5.74) is 4.25. The molecule has 0 aliphatic rings. The minimum absolute atomic E-state index is 0.456. The molecule has 0 aliphatic heterocycles. The summed E-state index contributed by atoms with van der Waals surface area (Å²) in [6, 6.07) is 18.0. The molecule has 0 saturated carbocycles. The maximum Gasteiger partial charge on any atom is 0.0988 e. The van der Waals surface area contributed by atoms with Crippen LogP contribution in [0.5, 0.6) is 0 Å². The van der Waals surface area contributed by atoms with Crippen LogP contribution < -0.4 is 0 Å². The molecule has 0 saturated heterocycles. The molecule has 1 aromatic heterocycles. The fraction of sp³-hybridized carbons (Fsp3) is 0.167. The van der Waals surface area contributed by atoms with Crippen molar-refractivity contribution in [2.24, 2.45) is 0 Å². The van der Waals surface area contributed by atoms with Crippen LogP contribution in [-0.2, 0) is 6.54 Å². The molecule has 3 nitrogen and oxygen atoms in total. The maximum atomic E-state index is 10.4. The van der Waals surface area contributed by atoms with Gasteiger partial charge < -0.3 is 5.11 Å². The molecule has 2 aromatic carbocycles. The van der Waals surface area contributed by atoms with Crippen molar-refractivity contribution in [3.8, 4) is 11.1 Å². The lowest BCUT2D eigenvalue weighted by Gasteiger charge is -2.13. The molecule has 1 unspecified atom stereocenters. The van der Waals surface area contributed by atoms with Gasteiger partial charge in [-0.3, -0.25) is 4.68 Å². The van der Waals surface area contributed by atoms with Gasteiger partial charge in [0.1, 0.15) is 0 Å². The highest BCUT2D eigenvalue weighted by molar-refractivity contribution is 5.61. The lowest BCUT2D eigenvalue weighted by molar-refractivity contribution is 0.151. The second-order valence-electron chi connectivity index (χ2n) is 5.19. The standard InChI is InChI=1S/C18H18N2O/c1-14-7-5-6-10-17(14)18(21)13-20-12-16(11-19-20)15-8-3-2-4-9-15/h2-12,18,21H,13H2,1H3. The van der Waals surface area contributed by atoms with Crippen molar-refractivity contribution in [2.45, 2.75) is 19.6 Å². The van der Waals surface area contributed by atoms with Gasteiger partial charge in [-0.1, -0.05) is 54.6 Å². The van der Waals surface area contributed by atoms with Crippen molar-refractivity contribution in [1.82, 2.24) is 9.78 Å². The summed E-state index contributed by atoms with van der Waals surface area (Å²) in [6.07, 6.45) is 3.26. The molecular weight excluding hydrogens is 260 g/mol. The summed E-state index contributed by atoms with van der Waals surface area (Å²) in [5.74, 6) is 0. The average molecular weight is 278 g/mol. The highest BCUT2D eigenvalue weighted by Crippen LogP contribution is 2.21. The van der Waals surface area contributed by atoms with Crippen molar-refractivity contribution in [2.75, 3.05) is 0 Å². The molecule has 3 rings (SSSR count). The zero-order valence-corrected chi connectivity index (χ0v) is 12.0. The molecule has 0 aliphatic carbocycles. The first-order valence-corrected chi connectivity index (χ1v) is 7.05. The summed E-state index contributed by atoms with van der Waals surface area (Å²) in [6.45, 7) is 2.47. The third-order valence-electron chi connectivity index (χ3n) is 3.65. The molecular formula is C18H18N2O. The Labute approximate surface area is 124 Å². The Morgan fingerprint density at radius 3 is 2.48 bits per heavy atom. The van der Waals surface area contributed by atoms with Gasteiger partial charge >= 0.3 is 0 Å². The predicted octanol–water partition coefficient (Wildman–Crippen LogP) is 3.59. The predicted molar refractivity (Wildman–Crippen MR) is 83.8 cm³/mol. The molecule has 0 radical (unpaired) electrons. The SMILES string of the molecule is Cc1ccccc1C(O)Cn1cc(-c2ccccc2)cn1. The number of hydrogen-bond donors (Lipinski definition) is 1. The first kappa shape index (κ1) is 13.6.